The van der Waals surface area contributed by atoms with E-state index in [-0.39, 0.29) is 25.2 Å². The second-order valence-corrected chi connectivity index (χ2v) is 7.09. The molecule has 0 aromatic heterocycles. The highest BCUT2D eigenvalue weighted by Gasteiger charge is 2.19. The smallest absolute Gasteiger partial charge is 0.326 e. The summed E-state index contributed by atoms with van der Waals surface area (Å²) in [7, 11) is 0. The van der Waals surface area contributed by atoms with E-state index in [4.69, 9.17) is 10.8 Å². The highest BCUT2D eigenvalue weighted by molar-refractivity contribution is 5.84. The molecule has 0 fully saturated rings. The number of carbonyl (C=O) groups excluding carboxylic acids is 2. The summed E-state index contributed by atoms with van der Waals surface area (Å²) < 4.78 is 0. The van der Waals surface area contributed by atoms with Gasteiger partial charge in [-0.3, -0.25) is 9.59 Å². The van der Waals surface area contributed by atoms with E-state index in [0.29, 0.717) is 6.42 Å². The van der Waals surface area contributed by atoms with Crippen LogP contribution in [-0.2, 0) is 14.4 Å². The molecule has 0 bridgehead atoms. The molecule has 6 heteroatoms. The van der Waals surface area contributed by atoms with Crippen molar-refractivity contribution in [3.05, 3.63) is 36.5 Å². The molecule has 2 amide bonds. The summed E-state index contributed by atoms with van der Waals surface area (Å²) in [5.41, 5.74) is 5.01. The number of allylic oxidation sites excluding steroid dienone is 6. The summed E-state index contributed by atoms with van der Waals surface area (Å²) in [6.45, 7) is 2.21. The number of unbranched alkanes of at least 4 members (excludes halogenated alkanes) is 5. The molecule has 0 aliphatic rings. The highest BCUT2D eigenvalue weighted by atomic mass is 16.4. The third-order valence-corrected chi connectivity index (χ3v) is 4.36. The number of nitrogens with two attached hydrogens (primary N) is 1. The Morgan fingerprint density at radius 3 is 1.93 bits per heavy atom. The first-order valence-electron chi connectivity index (χ1n) is 10.7. The quantitative estimate of drug-likeness (QED) is 0.231. The maximum absolute atomic E-state index is 11.8. The number of hydrogen-bond acceptors (Lipinski definition) is 3. The lowest BCUT2D eigenvalue weighted by molar-refractivity contribution is -0.142. The first-order chi connectivity index (χ1) is 14.0. The highest BCUT2D eigenvalue weighted by Crippen LogP contribution is 2.04. The maximum Gasteiger partial charge on any atom is 0.326 e. The summed E-state index contributed by atoms with van der Waals surface area (Å²) in [4.78, 5) is 33.6. The van der Waals surface area contributed by atoms with E-state index in [2.05, 4.69) is 48.7 Å². The Kier molecular flexibility index (Phi) is 17.4. The van der Waals surface area contributed by atoms with Gasteiger partial charge in [0.05, 0.1) is 0 Å². The molecule has 0 rings (SSSR count). The van der Waals surface area contributed by atoms with Crippen molar-refractivity contribution >= 4 is 17.8 Å². The number of nitrogens with one attached hydrogen (secondary N) is 1. The molecule has 0 heterocycles. The second kappa shape index (κ2) is 19.0. The minimum Gasteiger partial charge on any atom is -0.480 e. The fourth-order valence-electron chi connectivity index (χ4n) is 2.65. The van der Waals surface area contributed by atoms with Crippen LogP contribution < -0.4 is 11.1 Å². The molecule has 0 unspecified atom stereocenters. The predicted octanol–water partition coefficient (Wildman–Crippen LogP) is 4.41. The third-order valence-electron chi connectivity index (χ3n) is 4.36. The summed E-state index contributed by atoms with van der Waals surface area (Å²) in [5, 5.41) is 11.5. The minimum absolute atomic E-state index is 0.0152. The summed E-state index contributed by atoms with van der Waals surface area (Å²) in [6, 6.07) is -1.06. The zero-order valence-electron chi connectivity index (χ0n) is 17.8. The molecule has 0 aromatic rings. The standard InChI is InChI=1S/C23H38N2O4/c1-2-3-4-5-6-7-8-9-10-11-12-13-14-15-16-17-22(27)25-20(23(28)29)18-19-21(24)26/h6-7,9-10,12-13,20H,2-5,8,11,14-19H2,1H3,(H2,24,26)(H,25,27)(H,28,29)/b7-6-,10-9-,13-12-/t20-/m0/s1. The van der Waals surface area contributed by atoms with Crippen molar-refractivity contribution in [2.24, 2.45) is 5.73 Å². The first-order valence-corrected chi connectivity index (χ1v) is 10.7. The zero-order valence-corrected chi connectivity index (χ0v) is 17.8. The van der Waals surface area contributed by atoms with Crippen molar-refractivity contribution in [1.29, 1.82) is 0 Å². The van der Waals surface area contributed by atoms with Crippen molar-refractivity contribution in [3.8, 4) is 0 Å². The summed E-state index contributed by atoms with van der Waals surface area (Å²) in [6.07, 6.45) is 22.6. The number of carbonyl (C=O) groups is 3. The molecule has 0 aliphatic carbocycles. The fourth-order valence-corrected chi connectivity index (χ4v) is 2.65. The van der Waals surface area contributed by atoms with Crippen LogP contribution in [0.25, 0.3) is 0 Å². The molecule has 29 heavy (non-hydrogen) atoms. The second-order valence-electron chi connectivity index (χ2n) is 7.09. The maximum atomic E-state index is 11.8. The molecule has 0 aromatic carbocycles. The lowest BCUT2D eigenvalue weighted by Crippen LogP contribution is -2.41. The van der Waals surface area contributed by atoms with Crippen LogP contribution in [0.2, 0.25) is 0 Å². The van der Waals surface area contributed by atoms with Crippen LogP contribution in [0, 0.1) is 0 Å². The van der Waals surface area contributed by atoms with Crippen molar-refractivity contribution in [1.82, 2.24) is 5.32 Å². The minimum atomic E-state index is -1.15. The van der Waals surface area contributed by atoms with E-state index >= 15 is 0 Å². The van der Waals surface area contributed by atoms with Crippen molar-refractivity contribution in [3.63, 3.8) is 0 Å². The van der Waals surface area contributed by atoms with Crippen molar-refractivity contribution in [2.75, 3.05) is 0 Å². The van der Waals surface area contributed by atoms with Crippen LogP contribution in [0.5, 0.6) is 0 Å². The van der Waals surface area contributed by atoms with Gasteiger partial charge in [0.15, 0.2) is 0 Å². The topological polar surface area (TPSA) is 109 Å². The number of carboxylic acid groups (broad SMARTS) is 1. The Bertz CT molecular complexity index is 553. The van der Waals surface area contributed by atoms with Gasteiger partial charge in [-0.2, -0.15) is 0 Å². The van der Waals surface area contributed by atoms with E-state index in [9.17, 15) is 14.4 Å². The van der Waals surface area contributed by atoms with Crippen molar-refractivity contribution in [2.45, 2.75) is 90.0 Å². The Labute approximate surface area is 175 Å². The van der Waals surface area contributed by atoms with Crippen LogP contribution in [0.4, 0.5) is 0 Å². The van der Waals surface area contributed by atoms with Crippen LogP contribution >= 0.6 is 0 Å². The van der Waals surface area contributed by atoms with Gasteiger partial charge in [0.2, 0.25) is 11.8 Å². The Hall–Kier alpha value is -2.37. The largest absolute Gasteiger partial charge is 0.480 e. The van der Waals surface area contributed by atoms with Gasteiger partial charge in [-0.25, -0.2) is 4.79 Å². The van der Waals surface area contributed by atoms with Gasteiger partial charge in [-0.15, -0.1) is 0 Å². The fraction of sp³-hybridized carbons (Fsp3) is 0.609. The van der Waals surface area contributed by atoms with Crippen LogP contribution in [0.3, 0.4) is 0 Å². The SMILES string of the molecule is CCCCC/C=C\C/C=C\C/C=C\CCCCC(=O)N[C@@H](CCC(N)=O)C(=O)O. The number of carboxylic acids is 1. The summed E-state index contributed by atoms with van der Waals surface area (Å²) >= 11 is 0. The zero-order chi connectivity index (χ0) is 21.7. The molecule has 0 spiro atoms. The first kappa shape index (κ1) is 26.6. The Morgan fingerprint density at radius 2 is 1.41 bits per heavy atom. The number of hydrogen-bond donors (Lipinski definition) is 3. The third kappa shape index (κ3) is 18.7. The van der Waals surface area contributed by atoms with E-state index in [0.717, 1.165) is 25.7 Å². The average molecular weight is 407 g/mol. The van der Waals surface area contributed by atoms with E-state index in [1.54, 1.807) is 0 Å². The molecule has 0 saturated carbocycles. The van der Waals surface area contributed by atoms with Gasteiger partial charge in [-0.1, -0.05) is 56.2 Å². The normalized spacial score (nSPS) is 12.7. The molecular formula is C23H38N2O4. The van der Waals surface area contributed by atoms with Gasteiger partial charge >= 0.3 is 5.97 Å². The Morgan fingerprint density at radius 1 is 0.862 bits per heavy atom. The van der Waals surface area contributed by atoms with Crippen molar-refractivity contribution < 1.29 is 19.5 Å². The van der Waals surface area contributed by atoms with Crippen LogP contribution in [0.1, 0.15) is 84.0 Å². The van der Waals surface area contributed by atoms with Gasteiger partial charge in [0, 0.05) is 12.8 Å². The molecule has 1 atom stereocenters. The molecule has 0 radical (unpaired) electrons. The lowest BCUT2D eigenvalue weighted by Gasteiger charge is -2.13. The molecule has 164 valence electrons. The summed E-state index contributed by atoms with van der Waals surface area (Å²) in [5.74, 6) is -2.04. The molecule has 6 nitrogen and oxygen atoms in total. The lowest BCUT2D eigenvalue weighted by atomic mass is 10.1. The molecular weight excluding hydrogens is 368 g/mol. The predicted molar refractivity (Wildman–Crippen MR) is 117 cm³/mol. The Balaban J connectivity index is 3.73. The molecule has 4 N–H and O–H groups in total. The number of rotatable bonds is 18. The van der Waals surface area contributed by atoms with Crippen LogP contribution in [0.15, 0.2) is 36.5 Å². The van der Waals surface area contributed by atoms with Crippen LogP contribution in [-0.4, -0.2) is 28.9 Å². The van der Waals surface area contributed by atoms with Gasteiger partial charge in [-0.05, 0) is 51.4 Å². The van der Waals surface area contributed by atoms with E-state index in [1.165, 1.54) is 25.7 Å². The number of aliphatic carboxylic acids is 1. The monoisotopic (exact) mass is 406 g/mol. The number of amides is 2. The van der Waals surface area contributed by atoms with E-state index < -0.39 is 17.9 Å². The molecule has 0 aliphatic heterocycles. The molecule has 0 saturated heterocycles. The van der Waals surface area contributed by atoms with Gasteiger partial charge in [0.1, 0.15) is 6.04 Å². The average Bonchev–Trinajstić information content (AvgIpc) is 2.67. The van der Waals surface area contributed by atoms with Gasteiger partial charge < -0.3 is 16.2 Å². The van der Waals surface area contributed by atoms with Gasteiger partial charge in [0.25, 0.3) is 0 Å². The number of primary amides is 1. The van der Waals surface area contributed by atoms with E-state index in [1.807, 2.05) is 0 Å².